The van der Waals surface area contributed by atoms with Gasteiger partial charge in [0.1, 0.15) is 5.60 Å². The zero-order valence-electron chi connectivity index (χ0n) is 24.2. The van der Waals surface area contributed by atoms with Gasteiger partial charge in [-0.2, -0.15) is 0 Å². The number of rotatable bonds is 6. The Kier molecular flexibility index (Phi) is 9.48. The van der Waals surface area contributed by atoms with Crippen molar-refractivity contribution in [2.24, 2.45) is 5.92 Å². The highest BCUT2D eigenvalue weighted by Crippen LogP contribution is 2.30. The molecule has 1 N–H and O–H groups in total. The van der Waals surface area contributed by atoms with Gasteiger partial charge in [-0.3, -0.25) is 14.5 Å². The molecule has 1 aromatic rings. The number of anilines is 1. The first-order chi connectivity index (χ1) is 18.4. The molecule has 2 aliphatic heterocycles. The zero-order valence-corrected chi connectivity index (χ0v) is 25.0. The molecule has 39 heavy (non-hydrogen) atoms. The summed E-state index contributed by atoms with van der Waals surface area (Å²) in [6.07, 6.45) is 5.88. The molecule has 9 heteroatoms. The van der Waals surface area contributed by atoms with E-state index in [-0.39, 0.29) is 36.4 Å². The van der Waals surface area contributed by atoms with Crippen LogP contribution in [0.2, 0.25) is 5.02 Å². The van der Waals surface area contributed by atoms with E-state index in [1.54, 1.807) is 11.0 Å². The third-order valence-electron chi connectivity index (χ3n) is 8.27. The van der Waals surface area contributed by atoms with E-state index in [1.165, 1.54) is 12.8 Å². The number of ether oxygens (including phenoxy) is 1. The standard InChI is InChI=1S/C30H45ClN4O4/c1-20-18-33(13-14-34(20)28(37)22-9-6-7-10-22)19-23-15-24(31)16-26(21(23)2)32-27(36)17-25-11-8-12-35(25)29(38)39-30(3,4)5/h15-16,20,22,25H,6-14,17-19H2,1-5H3,(H,32,36). The maximum atomic E-state index is 13.1. The summed E-state index contributed by atoms with van der Waals surface area (Å²) in [5.74, 6) is 0.399. The van der Waals surface area contributed by atoms with Crippen LogP contribution in [0.5, 0.6) is 0 Å². The van der Waals surface area contributed by atoms with Crippen molar-refractivity contribution in [2.75, 3.05) is 31.5 Å². The molecule has 4 rings (SSSR count). The number of amides is 3. The lowest BCUT2D eigenvalue weighted by Crippen LogP contribution is -2.54. The molecule has 2 unspecified atom stereocenters. The van der Waals surface area contributed by atoms with Crippen LogP contribution in [0.3, 0.4) is 0 Å². The summed E-state index contributed by atoms with van der Waals surface area (Å²) in [6.45, 7) is 13.4. The van der Waals surface area contributed by atoms with E-state index < -0.39 is 5.60 Å². The summed E-state index contributed by atoms with van der Waals surface area (Å²) in [6, 6.07) is 3.75. The number of carbonyl (C=O) groups is 3. The van der Waals surface area contributed by atoms with E-state index in [4.69, 9.17) is 16.3 Å². The third kappa shape index (κ3) is 7.66. The summed E-state index contributed by atoms with van der Waals surface area (Å²) in [5, 5.41) is 3.63. The molecule has 0 spiro atoms. The normalized spacial score (nSPS) is 22.8. The van der Waals surface area contributed by atoms with Crippen molar-refractivity contribution in [2.45, 2.75) is 104 Å². The summed E-state index contributed by atoms with van der Waals surface area (Å²) in [7, 11) is 0. The second-order valence-electron chi connectivity index (χ2n) is 12.6. The molecule has 3 amide bonds. The van der Waals surface area contributed by atoms with Crippen molar-refractivity contribution in [1.82, 2.24) is 14.7 Å². The number of benzene rings is 1. The second-order valence-corrected chi connectivity index (χ2v) is 13.0. The van der Waals surface area contributed by atoms with Gasteiger partial charge < -0.3 is 19.9 Å². The van der Waals surface area contributed by atoms with E-state index in [0.717, 1.165) is 56.4 Å². The fraction of sp³-hybridized carbons (Fsp3) is 0.700. The molecular formula is C30H45ClN4O4. The Morgan fingerprint density at radius 3 is 2.41 bits per heavy atom. The maximum Gasteiger partial charge on any atom is 0.410 e. The number of nitrogens with zero attached hydrogens (tertiary/aromatic N) is 3. The number of likely N-dealkylation sites (tertiary alicyclic amines) is 1. The highest BCUT2D eigenvalue weighted by molar-refractivity contribution is 6.31. The topological polar surface area (TPSA) is 82.2 Å². The molecule has 0 radical (unpaired) electrons. The van der Waals surface area contributed by atoms with Crippen LogP contribution < -0.4 is 5.32 Å². The molecule has 1 saturated carbocycles. The molecule has 0 bridgehead atoms. The summed E-state index contributed by atoms with van der Waals surface area (Å²) < 4.78 is 5.54. The molecule has 0 aromatic heterocycles. The van der Waals surface area contributed by atoms with Gasteiger partial charge in [-0.1, -0.05) is 24.4 Å². The van der Waals surface area contributed by atoms with Crippen LogP contribution >= 0.6 is 11.6 Å². The maximum absolute atomic E-state index is 13.1. The summed E-state index contributed by atoms with van der Waals surface area (Å²) in [5.41, 5.74) is 2.18. The van der Waals surface area contributed by atoms with Crippen LogP contribution in [0, 0.1) is 12.8 Å². The Balaban J connectivity index is 1.35. The number of piperazine rings is 1. The van der Waals surface area contributed by atoms with E-state index >= 15 is 0 Å². The van der Waals surface area contributed by atoms with Gasteiger partial charge in [-0.05, 0) is 83.6 Å². The minimum Gasteiger partial charge on any atom is -0.444 e. The number of carbonyl (C=O) groups excluding carboxylic acids is 3. The van der Waals surface area contributed by atoms with Gasteiger partial charge in [0, 0.05) is 67.9 Å². The van der Waals surface area contributed by atoms with Gasteiger partial charge >= 0.3 is 6.09 Å². The minimum absolute atomic E-state index is 0.139. The fourth-order valence-corrected chi connectivity index (χ4v) is 6.45. The van der Waals surface area contributed by atoms with Crippen molar-refractivity contribution in [3.63, 3.8) is 0 Å². The van der Waals surface area contributed by atoms with E-state index in [2.05, 4.69) is 22.0 Å². The van der Waals surface area contributed by atoms with Gasteiger partial charge in [0.2, 0.25) is 11.8 Å². The average Bonchev–Trinajstić information content (AvgIpc) is 3.53. The predicted molar refractivity (Wildman–Crippen MR) is 154 cm³/mol. The SMILES string of the molecule is Cc1c(CN2CCN(C(=O)C3CCCC3)C(C)C2)cc(Cl)cc1NC(=O)CC1CCCN1C(=O)OC(C)(C)C. The Morgan fingerprint density at radius 2 is 1.74 bits per heavy atom. The molecular weight excluding hydrogens is 516 g/mol. The zero-order chi connectivity index (χ0) is 28.3. The Labute approximate surface area is 238 Å². The number of halogens is 1. The Morgan fingerprint density at radius 1 is 1.03 bits per heavy atom. The molecule has 2 heterocycles. The van der Waals surface area contributed by atoms with Crippen molar-refractivity contribution >= 4 is 35.2 Å². The largest absolute Gasteiger partial charge is 0.444 e. The minimum atomic E-state index is -0.573. The molecule has 8 nitrogen and oxygen atoms in total. The van der Waals surface area contributed by atoms with E-state index in [1.807, 2.05) is 33.8 Å². The predicted octanol–water partition coefficient (Wildman–Crippen LogP) is 5.60. The molecule has 2 atom stereocenters. The van der Waals surface area contributed by atoms with Gasteiger partial charge in [-0.15, -0.1) is 0 Å². The number of nitrogens with one attached hydrogen (secondary N) is 1. The number of hydrogen-bond acceptors (Lipinski definition) is 5. The lowest BCUT2D eigenvalue weighted by atomic mass is 10.0. The van der Waals surface area contributed by atoms with Gasteiger partial charge in [0.25, 0.3) is 0 Å². The molecule has 2 saturated heterocycles. The first-order valence-corrected chi connectivity index (χ1v) is 14.9. The quantitative estimate of drug-likeness (QED) is 0.490. The molecule has 216 valence electrons. The van der Waals surface area contributed by atoms with Crippen LogP contribution in [0.1, 0.15) is 83.8 Å². The molecule has 3 fully saturated rings. The highest BCUT2D eigenvalue weighted by atomic mass is 35.5. The lowest BCUT2D eigenvalue weighted by molar-refractivity contribution is -0.140. The molecule has 3 aliphatic rings. The van der Waals surface area contributed by atoms with E-state index in [9.17, 15) is 14.4 Å². The average molecular weight is 561 g/mol. The van der Waals surface area contributed by atoms with Crippen molar-refractivity contribution < 1.29 is 19.1 Å². The lowest BCUT2D eigenvalue weighted by Gasteiger charge is -2.41. The summed E-state index contributed by atoms with van der Waals surface area (Å²) >= 11 is 6.49. The van der Waals surface area contributed by atoms with Crippen molar-refractivity contribution in [3.8, 4) is 0 Å². The smallest absolute Gasteiger partial charge is 0.410 e. The van der Waals surface area contributed by atoms with Crippen LogP contribution in [-0.4, -0.2) is 76.5 Å². The highest BCUT2D eigenvalue weighted by Gasteiger charge is 2.35. The number of hydrogen-bond donors (Lipinski definition) is 1. The van der Waals surface area contributed by atoms with Gasteiger partial charge in [0.15, 0.2) is 0 Å². The van der Waals surface area contributed by atoms with Gasteiger partial charge in [-0.25, -0.2) is 4.79 Å². The Bertz CT molecular complexity index is 1070. The van der Waals surface area contributed by atoms with Crippen LogP contribution in [-0.2, 0) is 20.9 Å². The second kappa shape index (κ2) is 12.5. The first kappa shape index (κ1) is 29.7. The monoisotopic (exact) mass is 560 g/mol. The Hall–Kier alpha value is -2.32. The molecule has 1 aliphatic carbocycles. The van der Waals surface area contributed by atoms with Crippen LogP contribution in [0.25, 0.3) is 0 Å². The molecule has 1 aromatic carbocycles. The third-order valence-corrected chi connectivity index (χ3v) is 8.49. The van der Waals surface area contributed by atoms with Crippen molar-refractivity contribution in [3.05, 3.63) is 28.3 Å². The first-order valence-electron chi connectivity index (χ1n) is 14.5. The van der Waals surface area contributed by atoms with Gasteiger partial charge in [0.05, 0.1) is 0 Å². The fourth-order valence-electron chi connectivity index (χ4n) is 6.21. The van der Waals surface area contributed by atoms with E-state index in [0.29, 0.717) is 29.7 Å². The summed E-state index contributed by atoms with van der Waals surface area (Å²) in [4.78, 5) is 44.8. The van der Waals surface area contributed by atoms with Crippen LogP contribution in [0.4, 0.5) is 10.5 Å². The van der Waals surface area contributed by atoms with Crippen molar-refractivity contribution in [1.29, 1.82) is 0 Å². The van der Waals surface area contributed by atoms with Crippen LogP contribution in [0.15, 0.2) is 12.1 Å².